The number of hydrogen-bond donors (Lipinski definition) is 1. The summed E-state index contributed by atoms with van der Waals surface area (Å²) in [6.07, 6.45) is 3.96. The van der Waals surface area contributed by atoms with Gasteiger partial charge in [-0.05, 0) is 41.8 Å². The minimum absolute atomic E-state index is 0.0718. The van der Waals surface area contributed by atoms with E-state index in [0.717, 1.165) is 11.1 Å². The maximum Gasteiger partial charge on any atom is 0.289 e. The van der Waals surface area contributed by atoms with E-state index in [0.29, 0.717) is 13.0 Å². The third-order valence-electron chi connectivity index (χ3n) is 4.48. The Balaban J connectivity index is 1.62. The SMILES string of the molecule is CN(Cc1ccc(F)cc1)C(=O)C1=C(O)C(=O)N(CCc2ccncc2)C1. The quantitative estimate of drug-likeness (QED) is 0.846. The van der Waals surface area contributed by atoms with Crippen LogP contribution in [0.15, 0.2) is 60.1 Å². The Morgan fingerprint density at radius 3 is 2.52 bits per heavy atom. The number of pyridine rings is 1. The van der Waals surface area contributed by atoms with E-state index in [1.54, 1.807) is 31.6 Å². The number of carbonyl (C=O) groups is 2. The molecule has 1 N–H and O–H groups in total. The van der Waals surface area contributed by atoms with Gasteiger partial charge in [0.2, 0.25) is 0 Å². The van der Waals surface area contributed by atoms with Crippen LogP contribution in [0.3, 0.4) is 0 Å². The Labute approximate surface area is 156 Å². The van der Waals surface area contributed by atoms with E-state index in [1.807, 2.05) is 12.1 Å². The van der Waals surface area contributed by atoms with Crippen LogP contribution in [0.25, 0.3) is 0 Å². The highest BCUT2D eigenvalue weighted by Gasteiger charge is 2.34. The van der Waals surface area contributed by atoms with Gasteiger partial charge in [0, 0.05) is 32.5 Å². The Morgan fingerprint density at radius 1 is 1.19 bits per heavy atom. The number of aromatic nitrogens is 1. The van der Waals surface area contributed by atoms with Crippen LogP contribution in [0.1, 0.15) is 11.1 Å². The van der Waals surface area contributed by atoms with Crippen LogP contribution in [0.5, 0.6) is 0 Å². The second-order valence-corrected chi connectivity index (χ2v) is 6.45. The molecule has 140 valence electrons. The van der Waals surface area contributed by atoms with Gasteiger partial charge in [-0.25, -0.2) is 4.39 Å². The summed E-state index contributed by atoms with van der Waals surface area (Å²) < 4.78 is 13.0. The number of hydrogen-bond acceptors (Lipinski definition) is 4. The highest BCUT2D eigenvalue weighted by molar-refractivity contribution is 6.06. The van der Waals surface area contributed by atoms with E-state index in [2.05, 4.69) is 4.98 Å². The first-order valence-corrected chi connectivity index (χ1v) is 8.56. The topological polar surface area (TPSA) is 73.7 Å². The van der Waals surface area contributed by atoms with Crippen molar-refractivity contribution < 1.29 is 19.1 Å². The summed E-state index contributed by atoms with van der Waals surface area (Å²) in [5, 5.41) is 10.1. The molecule has 2 aromatic rings. The van der Waals surface area contributed by atoms with E-state index in [-0.39, 0.29) is 24.5 Å². The molecule has 2 heterocycles. The third kappa shape index (κ3) is 4.31. The van der Waals surface area contributed by atoms with E-state index >= 15 is 0 Å². The van der Waals surface area contributed by atoms with E-state index in [9.17, 15) is 19.1 Å². The summed E-state index contributed by atoms with van der Waals surface area (Å²) in [6, 6.07) is 9.55. The molecule has 0 aliphatic carbocycles. The van der Waals surface area contributed by atoms with Crippen molar-refractivity contribution in [2.24, 2.45) is 0 Å². The third-order valence-corrected chi connectivity index (χ3v) is 4.48. The number of aliphatic hydroxyl groups excluding tert-OH is 1. The van der Waals surface area contributed by atoms with Gasteiger partial charge in [0.1, 0.15) is 5.82 Å². The summed E-state index contributed by atoms with van der Waals surface area (Å²) in [6.45, 7) is 0.717. The predicted molar refractivity (Wildman–Crippen MR) is 97.0 cm³/mol. The van der Waals surface area contributed by atoms with Crippen LogP contribution in [0.2, 0.25) is 0 Å². The van der Waals surface area contributed by atoms with Gasteiger partial charge in [-0.1, -0.05) is 12.1 Å². The number of amides is 2. The molecule has 6 nitrogen and oxygen atoms in total. The van der Waals surface area contributed by atoms with Gasteiger partial charge in [0.15, 0.2) is 5.76 Å². The zero-order valence-corrected chi connectivity index (χ0v) is 14.9. The van der Waals surface area contributed by atoms with Crippen molar-refractivity contribution in [3.05, 3.63) is 77.1 Å². The van der Waals surface area contributed by atoms with Gasteiger partial charge in [0.25, 0.3) is 11.8 Å². The van der Waals surface area contributed by atoms with Gasteiger partial charge >= 0.3 is 0 Å². The van der Waals surface area contributed by atoms with Crippen molar-refractivity contribution in [1.29, 1.82) is 0 Å². The molecule has 1 aliphatic heterocycles. The van der Waals surface area contributed by atoms with Crippen LogP contribution in [0, 0.1) is 5.82 Å². The fourth-order valence-electron chi connectivity index (χ4n) is 2.95. The van der Waals surface area contributed by atoms with Crippen LogP contribution in [-0.4, -0.2) is 51.8 Å². The minimum atomic E-state index is -0.539. The molecule has 1 aromatic carbocycles. The zero-order chi connectivity index (χ0) is 19.4. The monoisotopic (exact) mass is 369 g/mol. The first-order chi connectivity index (χ1) is 13.0. The first kappa shape index (κ1) is 18.6. The summed E-state index contributed by atoms with van der Waals surface area (Å²) >= 11 is 0. The number of halogens is 1. The molecule has 1 aliphatic rings. The normalized spacial score (nSPS) is 14.0. The Bertz CT molecular complexity index is 866. The lowest BCUT2D eigenvalue weighted by atomic mass is 10.1. The number of aliphatic hydroxyl groups is 1. The van der Waals surface area contributed by atoms with Crippen LogP contribution < -0.4 is 0 Å². The van der Waals surface area contributed by atoms with E-state index in [4.69, 9.17) is 0 Å². The molecule has 1 aromatic heterocycles. The van der Waals surface area contributed by atoms with Gasteiger partial charge in [-0.15, -0.1) is 0 Å². The lowest BCUT2D eigenvalue weighted by molar-refractivity contribution is -0.128. The molecular formula is C20H20FN3O3. The van der Waals surface area contributed by atoms with Crippen molar-refractivity contribution in [1.82, 2.24) is 14.8 Å². The van der Waals surface area contributed by atoms with Crippen molar-refractivity contribution in [3.8, 4) is 0 Å². The van der Waals surface area contributed by atoms with E-state index in [1.165, 1.54) is 21.9 Å². The average molecular weight is 369 g/mol. The minimum Gasteiger partial charge on any atom is -0.503 e. The Kier molecular flexibility index (Phi) is 5.49. The summed E-state index contributed by atoms with van der Waals surface area (Å²) in [7, 11) is 1.58. The molecule has 27 heavy (non-hydrogen) atoms. The smallest absolute Gasteiger partial charge is 0.289 e. The molecule has 2 amide bonds. The molecule has 0 fully saturated rings. The highest BCUT2D eigenvalue weighted by Crippen LogP contribution is 2.20. The molecule has 7 heteroatoms. The van der Waals surface area contributed by atoms with Crippen LogP contribution >= 0.6 is 0 Å². The molecule has 0 spiro atoms. The number of likely N-dealkylation sites (N-methyl/N-ethyl adjacent to an activating group) is 1. The molecule has 0 bridgehead atoms. The summed E-state index contributed by atoms with van der Waals surface area (Å²) in [4.78, 5) is 31.7. The van der Waals surface area contributed by atoms with Crippen molar-refractivity contribution in [2.75, 3.05) is 20.1 Å². The predicted octanol–water partition coefficient (Wildman–Crippen LogP) is 2.08. The van der Waals surface area contributed by atoms with Gasteiger partial charge < -0.3 is 14.9 Å². The number of rotatable bonds is 6. The van der Waals surface area contributed by atoms with Gasteiger partial charge in [-0.3, -0.25) is 14.6 Å². The molecule has 0 saturated carbocycles. The number of carbonyl (C=O) groups excluding carboxylic acids is 2. The second kappa shape index (κ2) is 7.99. The standard InChI is InChI=1S/C20H20FN3O3/c1-23(12-15-2-4-16(21)5-3-15)19(26)17-13-24(20(27)18(17)25)11-8-14-6-9-22-10-7-14/h2-7,9-10,25H,8,11-13H2,1H3. The van der Waals surface area contributed by atoms with Gasteiger partial charge in [0.05, 0.1) is 12.1 Å². The summed E-state index contributed by atoms with van der Waals surface area (Å²) in [5.41, 5.74) is 1.86. The molecule has 0 atom stereocenters. The lowest BCUT2D eigenvalue weighted by Crippen LogP contribution is -2.32. The second-order valence-electron chi connectivity index (χ2n) is 6.45. The molecule has 0 unspecified atom stereocenters. The largest absolute Gasteiger partial charge is 0.503 e. The summed E-state index contributed by atoms with van der Waals surface area (Å²) in [5.74, 6) is -1.81. The fraction of sp³-hybridized carbons (Fsp3) is 0.250. The lowest BCUT2D eigenvalue weighted by Gasteiger charge is -2.19. The maximum atomic E-state index is 13.0. The van der Waals surface area contributed by atoms with Crippen LogP contribution in [-0.2, 0) is 22.6 Å². The number of nitrogens with zero attached hydrogens (tertiary/aromatic N) is 3. The van der Waals surface area contributed by atoms with Crippen molar-refractivity contribution in [2.45, 2.75) is 13.0 Å². The maximum absolute atomic E-state index is 13.0. The number of benzene rings is 1. The Hall–Kier alpha value is -3.22. The molecule has 3 rings (SSSR count). The average Bonchev–Trinajstić information content (AvgIpc) is 2.96. The highest BCUT2D eigenvalue weighted by atomic mass is 19.1. The Morgan fingerprint density at radius 2 is 1.85 bits per heavy atom. The molecule has 0 saturated heterocycles. The van der Waals surface area contributed by atoms with Gasteiger partial charge in [-0.2, -0.15) is 0 Å². The van der Waals surface area contributed by atoms with Crippen molar-refractivity contribution >= 4 is 11.8 Å². The fourth-order valence-corrected chi connectivity index (χ4v) is 2.95. The van der Waals surface area contributed by atoms with Crippen molar-refractivity contribution in [3.63, 3.8) is 0 Å². The van der Waals surface area contributed by atoms with Crippen LogP contribution in [0.4, 0.5) is 4.39 Å². The molecule has 0 radical (unpaired) electrons. The van der Waals surface area contributed by atoms with E-state index < -0.39 is 17.6 Å². The zero-order valence-electron chi connectivity index (χ0n) is 14.9. The molecular weight excluding hydrogens is 349 g/mol. The first-order valence-electron chi connectivity index (χ1n) is 8.56.